The standard InChI is InChI=1S/C20H28ClNO2.C6H5Cl/c1-4-6-16-9-12-19(15-7-10-17(21)11-8-15)22(20(16)24)18(5-2)13-14(3)23;7-6-4-2-1-3-5-6/h4,7-8,10-11,14,16,18-19,23H,1,5-6,9,12-13H2,2-3H3;1-5H. The molecule has 2 aromatic rings. The van der Waals surface area contributed by atoms with Gasteiger partial charge < -0.3 is 10.0 Å². The molecule has 0 spiro atoms. The average molecular weight is 462 g/mol. The zero-order valence-corrected chi connectivity index (χ0v) is 19.9. The summed E-state index contributed by atoms with van der Waals surface area (Å²) >= 11 is 11.6. The fourth-order valence-electron chi connectivity index (χ4n) is 4.14. The van der Waals surface area contributed by atoms with Gasteiger partial charge in [-0.05, 0) is 68.9 Å². The van der Waals surface area contributed by atoms with E-state index in [0.29, 0.717) is 17.9 Å². The molecule has 1 amide bonds. The molecular formula is C26H33Cl2NO2. The Morgan fingerprint density at radius 1 is 1.10 bits per heavy atom. The Morgan fingerprint density at radius 3 is 2.19 bits per heavy atom. The van der Waals surface area contributed by atoms with Crippen LogP contribution in [-0.4, -0.2) is 28.1 Å². The topological polar surface area (TPSA) is 40.5 Å². The average Bonchev–Trinajstić information content (AvgIpc) is 2.75. The van der Waals surface area contributed by atoms with Crippen LogP contribution in [0.1, 0.15) is 57.6 Å². The summed E-state index contributed by atoms with van der Waals surface area (Å²) in [5, 5.41) is 11.4. The number of allylic oxidation sites excluding steroid dienone is 1. The molecule has 168 valence electrons. The van der Waals surface area contributed by atoms with E-state index in [9.17, 15) is 9.90 Å². The number of amides is 1. The number of aliphatic hydroxyl groups is 1. The second-order valence-corrected chi connectivity index (χ2v) is 8.93. The first-order chi connectivity index (χ1) is 14.9. The SMILES string of the molecule is C=CCC1CCC(c2ccc(Cl)cc2)N(C(CC)CC(C)O)C1=O.Clc1ccccc1. The Labute approximate surface area is 196 Å². The van der Waals surface area contributed by atoms with E-state index in [0.717, 1.165) is 29.8 Å². The van der Waals surface area contributed by atoms with Crippen molar-refractivity contribution in [1.29, 1.82) is 0 Å². The Balaban J connectivity index is 0.000000412. The number of rotatable bonds is 7. The number of aliphatic hydroxyl groups excluding tert-OH is 1. The van der Waals surface area contributed by atoms with Gasteiger partial charge in [-0.25, -0.2) is 0 Å². The van der Waals surface area contributed by atoms with Crippen molar-refractivity contribution in [2.75, 3.05) is 0 Å². The lowest BCUT2D eigenvalue weighted by atomic mass is 9.84. The van der Waals surface area contributed by atoms with Crippen LogP contribution in [0.4, 0.5) is 0 Å². The van der Waals surface area contributed by atoms with E-state index in [-0.39, 0.29) is 23.9 Å². The minimum atomic E-state index is -0.423. The second-order valence-electron chi connectivity index (χ2n) is 8.05. The molecule has 1 heterocycles. The summed E-state index contributed by atoms with van der Waals surface area (Å²) in [6.45, 7) is 7.66. The summed E-state index contributed by atoms with van der Waals surface area (Å²) in [5.74, 6) is 0.197. The molecule has 1 aliphatic rings. The van der Waals surface area contributed by atoms with Crippen molar-refractivity contribution in [1.82, 2.24) is 4.90 Å². The summed E-state index contributed by atoms with van der Waals surface area (Å²) in [6, 6.07) is 17.3. The monoisotopic (exact) mass is 461 g/mol. The third-order valence-corrected chi connectivity index (χ3v) is 6.15. The predicted molar refractivity (Wildman–Crippen MR) is 130 cm³/mol. The van der Waals surface area contributed by atoms with Crippen LogP contribution in [0.3, 0.4) is 0 Å². The largest absolute Gasteiger partial charge is 0.393 e. The van der Waals surface area contributed by atoms with E-state index >= 15 is 0 Å². The first kappa shape index (κ1) is 25.5. The molecule has 4 unspecified atom stereocenters. The molecule has 4 atom stereocenters. The van der Waals surface area contributed by atoms with Crippen LogP contribution in [0.5, 0.6) is 0 Å². The summed E-state index contributed by atoms with van der Waals surface area (Å²) in [6.07, 6.45) is 5.37. The zero-order chi connectivity index (χ0) is 22.8. The number of likely N-dealkylation sites (tertiary alicyclic amines) is 1. The summed E-state index contributed by atoms with van der Waals surface area (Å²) in [5.41, 5.74) is 1.12. The number of nitrogens with zero attached hydrogens (tertiary/aromatic N) is 1. The summed E-state index contributed by atoms with van der Waals surface area (Å²) in [7, 11) is 0. The normalized spacial score (nSPS) is 20.4. The van der Waals surface area contributed by atoms with Crippen molar-refractivity contribution in [3.8, 4) is 0 Å². The lowest BCUT2D eigenvalue weighted by molar-refractivity contribution is -0.146. The molecule has 5 heteroatoms. The number of piperidine rings is 1. The van der Waals surface area contributed by atoms with Crippen LogP contribution in [0.15, 0.2) is 67.3 Å². The third kappa shape index (κ3) is 7.68. The van der Waals surface area contributed by atoms with Crippen LogP contribution in [0.25, 0.3) is 0 Å². The van der Waals surface area contributed by atoms with E-state index < -0.39 is 6.10 Å². The van der Waals surface area contributed by atoms with Crippen LogP contribution < -0.4 is 0 Å². The molecule has 0 saturated carbocycles. The number of halogens is 2. The predicted octanol–water partition coefficient (Wildman–Crippen LogP) is 7.09. The van der Waals surface area contributed by atoms with E-state index in [1.807, 2.05) is 65.6 Å². The molecule has 1 N–H and O–H groups in total. The van der Waals surface area contributed by atoms with Crippen LogP contribution in [0.2, 0.25) is 10.0 Å². The fourth-order valence-corrected chi connectivity index (χ4v) is 4.41. The molecule has 0 radical (unpaired) electrons. The number of hydrogen-bond acceptors (Lipinski definition) is 2. The lowest BCUT2D eigenvalue weighted by Crippen LogP contribution is -2.49. The summed E-state index contributed by atoms with van der Waals surface area (Å²) < 4.78 is 0. The van der Waals surface area contributed by atoms with Gasteiger partial charge in [-0.3, -0.25) is 4.79 Å². The second kappa shape index (κ2) is 12.9. The van der Waals surface area contributed by atoms with Gasteiger partial charge in [0.2, 0.25) is 5.91 Å². The zero-order valence-electron chi connectivity index (χ0n) is 18.4. The van der Waals surface area contributed by atoms with Gasteiger partial charge in [0.25, 0.3) is 0 Å². The van der Waals surface area contributed by atoms with Crippen molar-refractivity contribution in [2.24, 2.45) is 5.92 Å². The molecule has 1 saturated heterocycles. The highest BCUT2D eigenvalue weighted by atomic mass is 35.5. The molecule has 0 aliphatic carbocycles. The minimum absolute atomic E-state index is 0.00843. The van der Waals surface area contributed by atoms with E-state index in [1.54, 1.807) is 6.92 Å². The van der Waals surface area contributed by atoms with Crippen LogP contribution in [-0.2, 0) is 4.79 Å². The van der Waals surface area contributed by atoms with Crippen molar-refractivity contribution >= 4 is 29.1 Å². The first-order valence-electron chi connectivity index (χ1n) is 10.9. The number of hydrogen-bond donors (Lipinski definition) is 1. The highest BCUT2D eigenvalue weighted by molar-refractivity contribution is 6.30. The minimum Gasteiger partial charge on any atom is -0.393 e. The van der Waals surface area contributed by atoms with Gasteiger partial charge in [0.15, 0.2) is 0 Å². The highest BCUT2D eigenvalue weighted by Crippen LogP contribution is 2.38. The number of benzene rings is 2. The fraction of sp³-hybridized carbons (Fsp3) is 0.423. The maximum absolute atomic E-state index is 13.1. The van der Waals surface area contributed by atoms with Crippen molar-refractivity contribution < 1.29 is 9.90 Å². The molecule has 1 fully saturated rings. The van der Waals surface area contributed by atoms with Gasteiger partial charge in [-0.1, -0.05) is 66.5 Å². The third-order valence-electron chi connectivity index (χ3n) is 5.64. The molecule has 3 rings (SSSR count). The van der Waals surface area contributed by atoms with Gasteiger partial charge in [0, 0.05) is 22.0 Å². The molecule has 0 aromatic heterocycles. The Bertz CT molecular complexity index is 808. The van der Waals surface area contributed by atoms with Crippen molar-refractivity contribution in [3.05, 3.63) is 82.9 Å². The smallest absolute Gasteiger partial charge is 0.226 e. The van der Waals surface area contributed by atoms with E-state index in [2.05, 4.69) is 13.5 Å². The van der Waals surface area contributed by atoms with Gasteiger partial charge in [-0.2, -0.15) is 0 Å². The van der Waals surface area contributed by atoms with Crippen molar-refractivity contribution in [2.45, 2.75) is 64.1 Å². The maximum Gasteiger partial charge on any atom is 0.226 e. The van der Waals surface area contributed by atoms with Gasteiger partial charge in [0.05, 0.1) is 12.1 Å². The Morgan fingerprint density at radius 2 is 1.71 bits per heavy atom. The van der Waals surface area contributed by atoms with Gasteiger partial charge in [-0.15, -0.1) is 6.58 Å². The molecular weight excluding hydrogens is 429 g/mol. The van der Waals surface area contributed by atoms with E-state index in [4.69, 9.17) is 23.2 Å². The lowest BCUT2D eigenvalue weighted by Gasteiger charge is -2.44. The molecule has 2 aromatic carbocycles. The first-order valence-corrected chi connectivity index (χ1v) is 11.7. The molecule has 3 nitrogen and oxygen atoms in total. The summed E-state index contributed by atoms with van der Waals surface area (Å²) in [4.78, 5) is 15.1. The molecule has 1 aliphatic heterocycles. The Hall–Kier alpha value is -1.81. The highest BCUT2D eigenvalue weighted by Gasteiger charge is 2.39. The van der Waals surface area contributed by atoms with Crippen LogP contribution >= 0.6 is 23.2 Å². The molecule has 31 heavy (non-hydrogen) atoms. The number of carbonyl (C=O) groups is 1. The maximum atomic E-state index is 13.1. The molecule has 0 bridgehead atoms. The van der Waals surface area contributed by atoms with E-state index in [1.165, 1.54) is 0 Å². The quantitative estimate of drug-likeness (QED) is 0.447. The van der Waals surface area contributed by atoms with Gasteiger partial charge in [0.1, 0.15) is 0 Å². The van der Waals surface area contributed by atoms with Crippen molar-refractivity contribution in [3.63, 3.8) is 0 Å². The Kier molecular flexibility index (Phi) is 10.6. The van der Waals surface area contributed by atoms with Crippen LogP contribution in [0, 0.1) is 5.92 Å². The van der Waals surface area contributed by atoms with Gasteiger partial charge >= 0.3 is 0 Å². The number of carbonyl (C=O) groups excluding carboxylic acids is 1.